The van der Waals surface area contributed by atoms with Crippen LogP contribution >= 0.6 is 11.3 Å². The van der Waals surface area contributed by atoms with Gasteiger partial charge in [-0.1, -0.05) is 129 Å². The first-order chi connectivity index (χ1) is 27.1. The summed E-state index contributed by atoms with van der Waals surface area (Å²) in [7, 11) is 0. The number of benzene rings is 8. The lowest BCUT2D eigenvalue weighted by molar-refractivity contribution is 0.662. The van der Waals surface area contributed by atoms with E-state index >= 15 is 0 Å². The van der Waals surface area contributed by atoms with Gasteiger partial charge in [-0.25, -0.2) is 0 Å². The summed E-state index contributed by atoms with van der Waals surface area (Å²) in [6.07, 6.45) is 0. The largest absolute Gasteiger partial charge is 0.311 e. The molecule has 0 amide bonds. The van der Waals surface area contributed by atoms with Gasteiger partial charge < -0.3 is 9.80 Å². The van der Waals surface area contributed by atoms with Crippen molar-refractivity contribution in [3.63, 3.8) is 0 Å². The molecular weight excluding hydrogens is 683 g/mol. The van der Waals surface area contributed by atoms with Crippen molar-refractivity contribution in [3.05, 3.63) is 187 Å². The molecule has 4 heteroatoms. The Morgan fingerprint density at radius 1 is 0.455 bits per heavy atom. The fraction of sp³-hybridized carbons (Fsp3) is 0.0588. The zero-order valence-electron chi connectivity index (χ0n) is 30.6. The second-order valence-corrected chi connectivity index (χ2v) is 16.7. The molecule has 55 heavy (non-hydrogen) atoms. The van der Waals surface area contributed by atoms with Crippen LogP contribution in [0.4, 0.5) is 34.1 Å². The van der Waals surface area contributed by atoms with Crippen LogP contribution in [0.2, 0.25) is 0 Å². The number of hydrogen-bond acceptors (Lipinski definition) is 3. The summed E-state index contributed by atoms with van der Waals surface area (Å²) in [5.74, 6) is 0. The van der Waals surface area contributed by atoms with E-state index in [4.69, 9.17) is 0 Å². The van der Waals surface area contributed by atoms with E-state index in [2.05, 4.69) is 200 Å². The smallest absolute Gasteiger partial charge is 0.252 e. The minimum atomic E-state index is -0.0751. The molecule has 0 saturated heterocycles. The first-order valence-electron chi connectivity index (χ1n) is 19.2. The SMILES string of the molecule is CC1(C)c2ccccc2-c2cccc(-c3ccc(N4c5ccccc5B5c6ccccc6N(c6ccc7sc8ccccc8c7c6)c6cccc4c65)cc3)c21. The van der Waals surface area contributed by atoms with Crippen LogP contribution in [-0.4, -0.2) is 6.71 Å². The van der Waals surface area contributed by atoms with E-state index in [1.54, 1.807) is 0 Å². The molecule has 0 atom stereocenters. The maximum Gasteiger partial charge on any atom is 0.252 e. The number of para-hydroxylation sites is 2. The topological polar surface area (TPSA) is 6.48 Å². The highest BCUT2D eigenvalue weighted by Crippen LogP contribution is 2.52. The Balaban J connectivity index is 1.03. The second-order valence-electron chi connectivity index (χ2n) is 15.7. The van der Waals surface area contributed by atoms with E-state index in [1.807, 2.05) is 11.3 Å². The number of fused-ring (bicyclic) bond motifs is 10. The van der Waals surface area contributed by atoms with Crippen molar-refractivity contribution in [2.75, 3.05) is 9.80 Å². The Hall–Kier alpha value is -6.36. The van der Waals surface area contributed by atoms with Gasteiger partial charge in [0.15, 0.2) is 0 Å². The van der Waals surface area contributed by atoms with Crippen LogP contribution < -0.4 is 26.2 Å². The molecule has 0 bridgehead atoms. The van der Waals surface area contributed by atoms with E-state index in [0.29, 0.717) is 0 Å². The van der Waals surface area contributed by atoms with E-state index in [1.165, 1.54) is 98.4 Å². The van der Waals surface area contributed by atoms with Crippen molar-refractivity contribution < 1.29 is 0 Å². The molecule has 0 radical (unpaired) electrons. The second kappa shape index (κ2) is 11.3. The van der Waals surface area contributed by atoms with Crippen LogP contribution in [0.15, 0.2) is 176 Å². The Kier molecular flexibility index (Phi) is 6.40. The maximum absolute atomic E-state index is 2.50. The number of hydrogen-bond donors (Lipinski definition) is 0. The molecule has 8 aromatic carbocycles. The highest BCUT2D eigenvalue weighted by atomic mass is 32.1. The third kappa shape index (κ3) is 4.26. The Morgan fingerprint density at radius 2 is 1.02 bits per heavy atom. The molecule has 0 unspecified atom stereocenters. The molecule has 0 spiro atoms. The molecule has 1 aromatic heterocycles. The summed E-state index contributed by atoms with van der Waals surface area (Å²) in [6, 6.07) is 65.8. The average Bonchev–Trinajstić information content (AvgIpc) is 3.72. The van der Waals surface area contributed by atoms with Crippen LogP contribution in [-0.2, 0) is 5.41 Å². The zero-order valence-corrected chi connectivity index (χ0v) is 31.4. The Bertz CT molecular complexity index is 3050. The van der Waals surface area contributed by atoms with Crippen molar-refractivity contribution in [2.45, 2.75) is 19.3 Å². The van der Waals surface area contributed by atoms with Crippen LogP contribution in [0, 0.1) is 0 Å². The van der Waals surface area contributed by atoms with Gasteiger partial charge in [-0.15, -0.1) is 11.3 Å². The summed E-state index contributed by atoms with van der Waals surface area (Å²) >= 11 is 1.87. The van der Waals surface area contributed by atoms with E-state index in [0.717, 1.165) is 5.69 Å². The normalized spacial score (nSPS) is 14.4. The number of thiophene rings is 1. The zero-order chi connectivity index (χ0) is 36.4. The molecule has 3 heterocycles. The Morgan fingerprint density at radius 3 is 1.80 bits per heavy atom. The predicted molar refractivity (Wildman–Crippen MR) is 236 cm³/mol. The van der Waals surface area contributed by atoms with Crippen molar-refractivity contribution >= 4 is 88.7 Å². The minimum absolute atomic E-state index is 0.0751. The molecule has 2 nitrogen and oxygen atoms in total. The quantitative estimate of drug-likeness (QED) is 0.168. The third-order valence-electron chi connectivity index (χ3n) is 12.4. The van der Waals surface area contributed by atoms with E-state index < -0.39 is 0 Å². The van der Waals surface area contributed by atoms with Gasteiger partial charge in [-0.2, -0.15) is 0 Å². The summed E-state index contributed by atoms with van der Waals surface area (Å²) < 4.78 is 2.65. The summed E-state index contributed by atoms with van der Waals surface area (Å²) in [5, 5.41) is 2.63. The van der Waals surface area contributed by atoms with Gasteiger partial charge in [0.2, 0.25) is 0 Å². The van der Waals surface area contributed by atoms with Crippen LogP contribution in [0.1, 0.15) is 25.0 Å². The van der Waals surface area contributed by atoms with Gasteiger partial charge in [0.05, 0.1) is 0 Å². The monoisotopic (exact) mass is 718 g/mol. The van der Waals surface area contributed by atoms with Gasteiger partial charge in [-0.3, -0.25) is 0 Å². The van der Waals surface area contributed by atoms with Gasteiger partial charge in [0.25, 0.3) is 6.71 Å². The van der Waals surface area contributed by atoms with Crippen LogP contribution in [0.3, 0.4) is 0 Å². The molecule has 0 saturated carbocycles. The average molecular weight is 719 g/mol. The minimum Gasteiger partial charge on any atom is -0.311 e. The van der Waals surface area contributed by atoms with Crippen molar-refractivity contribution in [3.8, 4) is 22.3 Å². The van der Waals surface area contributed by atoms with E-state index in [9.17, 15) is 0 Å². The highest BCUT2D eigenvalue weighted by molar-refractivity contribution is 7.25. The molecule has 12 rings (SSSR count). The van der Waals surface area contributed by atoms with Gasteiger partial charge in [0, 0.05) is 59.7 Å². The molecule has 1 aliphatic carbocycles. The molecule has 9 aromatic rings. The Labute approximate surface area is 325 Å². The predicted octanol–water partition coefficient (Wildman–Crippen LogP) is 12.1. The standard InChI is InChI=1S/C51H35BN2S/c1-51(2)40-17-5-3-13-36(40)38-16-11-15-35(49(38)51)32-25-27-33(28-26-32)53-43-20-8-6-18-41(43)52-42-19-7-9-21-44(42)54(46-23-12-22-45(53)50(46)52)34-29-30-48-39(31-34)37-14-4-10-24-47(37)55-48/h3-31H,1-2H3. The lowest BCUT2D eigenvalue weighted by Crippen LogP contribution is -2.61. The van der Waals surface area contributed by atoms with Crippen LogP contribution in [0.5, 0.6) is 0 Å². The molecule has 3 aliphatic rings. The maximum atomic E-state index is 2.50. The van der Waals surface area contributed by atoms with Crippen LogP contribution in [0.25, 0.3) is 42.4 Å². The number of rotatable bonds is 3. The molecule has 0 fully saturated rings. The molecule has 2 aliphatic heterocycles. The summed E-state index contributed by atoms with van der Waals surface area (Å²) in [4.78, 5) is 4.99. The highest BCUT2D eigenvalue weighted by Gasteiger charge is 2.43. The number of anilines is 6. The molecule has 258 valence electrons. The van der Waals surface area contributed by atoms with Crippen molar-refractivity contribution in [1.29, 1.82) is 0 Å². The van der Waals surface area contributed by atoms with Gasteiger partial charge in [0.1, 0.15) is 0 Å². The fourth-order valence-corrected chi connectivity index (χ4v) is 11.2. The number of nitrogens with zero attached hydrogens (tertiary/aromatic N) is 2. The third-order valence-corrected chi connectivity index (χ3v) is 13.6. The molecular formula is C51H35BN2S. The lowest BCUT2D eigenvalue weighted by atomic mass is 9.33. The van der Waals surface area contributed by atoms with Gasteiger partial charge in [-0.05, 0) is 110 Å². The van der Waals surface area contributed by atoms with E-state index in [-0.39, 0.29) is 12.1 Å². The first kappa shape index (κ1) is 31.0. The van der Waals surface area contributed by atoms with Crippen molar-refractivity contribution in [2.24, 2.45) is 0 Å². The summed E-state index contributed by atoms with van der Waals surface area (Å²) in [6.45, 7) is 4.86. The fourth-order valence-electron chi connectivity index (χ4n) is 10.1. The van der Waals surface area contributed by atoms with Gasteiger partial charge >= 0.3 is 0 Å². The summed E-state index contributed by atoms with van der Waals surface area (Å²) in [5.41, 5.74) is 19.3. The lowest BCUT2D eigenvalue weighted by Gasteiger charge is -2.44. The van der Waals surface area contributed by atoms with Crippen molar-refractivity contribution in [1.82, 2.24) is 0 Å². The first-order valence-corrected chi connectivity index (χ1v) is 20.0. The molecule has 0 N–H and O–H groups in total.